The van der Waals surface area contributed by atoms with Crippen molar-refractivity contribution in [1.82, 2.24) is 10.2 Å². The van der Waals surface area contributed by atoms with Crippen LogP contribution in [0.5, 0.6) is 0 Å². The molecule has 0 amide bonds. The SMILES string of the molecule is CC1(C)CNCC(CC#N)N1C1CCCCCC1. The van der Waals surface area contributed by atoms with Crippen LogP contribution >= 0.6 is 0 Å². The monoisotopic (exact) mass is 249 g/mol. The standard InChI is InChI=1S/C15H27N3/c1-15(2)12-17-11-14(9-10-16)18(15)13-7-5-3-4-6-8-13/h13-14,17H,3-9,11-12H2,1-2H3. The van der Waals surface area contributed by atoms with E-state index in [2.05, 4.69) is 30.1 Å². The van der Waals surface area contributed by atoms with Crippen molar-refractivity contribution in [3.63, 3.8) is 0 Å². The van der Waals surface area contributed by atoms with Crippen LogP contribution < -0.4 is 5.32 Å². The minimum atomic E-state index is 0.189. The second kappa shape index (κ2) is 6.04. The number of hydrogen-bond donors (Lipinski definition) is 1. The molecule has 3 nitrogen and oxygen atoms in total. The molecule has 1 heterocycles. The molecular formula is C15H27N3. The topological polar surface area (TPSA) is 39.1 Å². The van der Waals surface area contributed by atoms with E-state index >= 15 is 0 Å². The van der Waals surface area contributed by atoms with Gasteiger partial charge in [-0.15, -0.1) is 0 Å². The molecule has 0 bridgehead atoms. The van der Waals surface area contributed by atoms with Gasteiger partial charge in [-0.05, 0) is 26.7 Å². The van der Waals surface area contributed by atoms with Crippen molar-refractivity contribution in [2.45, 2.75) is 76.4 Å². The molecule has 2 aliphatic rings. The first-order valence-electron chi connectivity index (χ1n) is 7.51. The summed E-state index contributed by atoms with van der Waals surface area (Å²) in [6.45, 7) is 6.68. The quantitative estimate of drug-likeness (QED) is 0.765. The highest BCUT2D eigenvalue weighted by Gasteiger charge is 2.40. The van der Waals surface area contributed by atoms with Gasteiger partial charge in [-0.25, -0.2) is 0 Å². The number of piperazine rings is 1. The van der Waals surface area contributed by atoms with Crippen LogP contribution in [0.4, 0.5) is 0 Å². The molecule has 0 aromatic carbocycles. The second-order valence-corrected chi connectivity index (χ2v) is 6.51. The fraction of sp³-hybridized carbons (Fsp3) is 0.933. The molecule has 1 aliphatic heterocycles. The zero-order chi connectivity index (χ0) is 13.0. The van der Waals surface area contributed by atoms with Gasteiger partial charge in [0.05, 0.1) is 12.5 Å². The van der Waals surface area contributed by atoms with E-state index in [1.54, 1.807) is 0 Å². The largest absolute Gasteiger partial charge is 0.313 e. The lowest BCUT2D eigenvalue weighted by Gasteiger charge is -2.51. The van der Waals surface area contributed by atoms with Gasteiger partial charge in [-0.1, -0.05) is 25.7 Å². The van der Waals surface area contributed by atoms with Crippen molar-refractivity contribution in [3.05, 3.63) is 0 Å². The Bertz CT molecular complexity index is 297. The highest BCUT2D eigenvalue weighted by atomic mass is 15.3. The summed E-state index contributed by atoms with van der Waals surface area (Å²) in [5.41, 5.74) is 0.189. The Kier molecular flexibility index (Phi) is 4.64. The number of nitrogens with one attached hydrogen (secondary N) is 1. The zero-order valence-corrected chi connectivity index (χ0v) is 11.9. The van der Waals surface area contributed by atoms with E-state index in [1.165, 1.54) is 38.5 Å². The van der Waals surface area contributed by atoms with Gasteiger partial charge in [-0.2, -0.15) is 5.26 Å². The van der Waals surface area contributed by atoms with E-state index in [1.807, 2.05) is 0 Å². The summed E-state index contributed by atoms with van der Waals surface area (Å²) in [6.07, 6.45) is 8.83. The van der Waals surface area contributed by atoms with Crippen molar-refractivity contribution in [3.8, 4) is 6.07 Å². The molecule has 1 saturated carbocycles. The van der Waals surface area contributed by atoms with Crippen LogP contribution in [0.2, 0.25) is 0 Å². The molecule has 1 aliphatic carbocycles. The van der Waals surface area contributed by atoms with Gasteiger partial charge in [0.15, 0.2) is 0 Å². The van der Waals surface area contributed by atoms with Gasteiger partial charge < -0.3 is 5.32 Å². The smallest absolute Gasteiger partial charge is 0.0638 e. The first kappa shape index (κ1) is 13.8. The highest BCUT2D eigenvalue weighted by Crippen LogP contribution is 2.31. The van der Waals surface area contributed by atoms with E-state index < -0.39 is 0 Å². The molecule has 0 radical (unpaired) electrons. The van der Waals surface area contributed by atoms with Crippen LogP contribution in [0.3, 0.4) is 0 Å². The average molecular weight is 249 g/mol. The Morgan fingerprint density at radius 3 is 2.50 bits per heavy atom. The van der Waals surface area contributed by atoms with Crippen molar-refractivity contribution in [2.24, 2.45) is 0 Å². The molecule has 1 N–H and O–H groups in total. The molecule has 18 heavy (non-hydrogen) atoms. The summed E-state index contributed by atoms with van der Waals surface area (Å²) in [5.74, 6) is 0. The third kappa shape index (κ3) is 3.05. The van der Waals surface area contributed by atoms with Crippen molar-refractivity contribution < 1.29 is 0 Å². The Hall–Kier alpha value is -0.590. The van der Waals surface area contributed by atoms with Crippen LogP contribution in [0.15, 0.2) is 0 Å². The average Bonchev–Trinajstić information content (AvgIpc) is 2.57. The summed E-state index contributed by atoms with van der Waals surface area (Å²) in [6, 6.07) is 3.48. The first-order chi connectivity index (χ1) is 8.65. The fourth-order valence-electron chi connectivity index (χ4n) is 3.83. The maximum absolute atomic E-state index is 9.06. The minimum Gasteiger partial charge on any atom is -0.313 e. The molecule has 2 rings (SSSR count). The third-order valence-electron chi connectivity index (χ3n) is 4.57. The Morgan fingerprint density at radius 2 is 1.89 bits per heavy atom. The van der Waals surface area contributed by atoms with Gasteiger partial charge in [0.25, 0.3) is 0 Å². The first-order valence-corrected chi connectivity index (χ1v) is 7.51. The Morgan fingerprint density at radius 1 is 1.22 bits per heavy atom. The van der Waals surface area contributed by atoms with Crippen LogP contribution in [0, 0.1) is 11.3 Å². The van der Waals surface area contributed by atoms with Gasteiger partial charge in [-0.3, -0.25) is 4.90 Å². The Labute approximate surface area is 112 Å². The molecule has 0 spiro atoms. The third-order valence-corrected chi connectivity index (χ3v) is 4.57. The summed E-state index contributed by atoms with van der Waals surface area (Å²) in [4.78, 5) is 2.68. The molecule has 1 saturated heterocycles. The number of nitriles is 1. The lowest BCUT2D eigenvalue weighted by atomic mass is 9.90. The molecule has 2 fully saturated rings. The van der Waals surface area contributed by atoms with Crippen LogP contribution in [-0.4, -0.2) is 35.6 Å². The van der Waals surface area contributed by atoms with Gasteiger partial charge in [0.2, 0.25) is 0 Å². The minimum absolute atomic E-state index is 0.189. The van der Waals surface area contributed by atoms with Crippen LogP contribution in [0.1, 0.15) is 58.8 Å². The summed E-state index contributed by atoms with van der Waals surface area (Å²) in [5, 5.41) is 12.6. The van der Waals surface area contributed by atoms with Crippen molar-refractivity contribution in [2.75, 3.05) is 13.1 Å². The normalized spacial score (nSPS) is 30.6. The van der Waals surface area contributed by atoms with Crippen molar-refractivity contribution in [1.29, 1.82) is 5.26 Å². The van der Waals surface area contributed by atoms with Gasteiger partial charge in [0, 0.05) is 30.7 Å². The van der Waals surface area contributed by atoms with E-state index in [0.717, 1.165) is 13.1 Å². The second-order valence-electron chi connectivity index (χ2n) is 6.51. The molecule has 102 valence electrons. The van der Waals surface area contributed by atoms with Crippen molar-refractivity contribution >= 4 is 0 Å². The van der Waals surface area contributed by atoms with Crippen LogP contribution in [0.25, 0.3) is 0 Å². The summed E-state index contributed by atoms with van der Waals surface area (Å²) >= 11 is 0. The van der Waals surface area contributed by atoms with Crippen LogP contribution in [-0.2, 0) is 0 Å². The van der Waals surface area contributed by atoms with E-state index in [4.69, 9.17) is 5.26 Å². The number of rotatable bonds is 2. The Balaban J connectivity index is 2.14. The summed E-state index contributed by atoms with van der Waals surface area (Å²) in [7, 11) is 0. The maximum atomic E-state index is 9.06. The predicted molar refractivity (Wildman–Crippen MR) is 74.3 cm³/mol. The number of hydrogen-bond acceptors (Lipinski definition) is 3. The highest BCUT2D eigenvalue weighted by molar-refractivity contribution is 5.00. The predicted octanol–water partition coefficient (Wildman–Crippen LogP) is 2.68. The van der Waals surface area contributed by atoms with Gasteiger partial charge >= 0.3 is 0 Å². The lowest BCUT2D eigenvalue weighted by Crippen LogP contribution is -2.65. The molecule has 3 heteroatoms. The zero-order valence-electron chi connectivity index (χ0n) is 11.9. The molecule has 0 aromatic heterocycles. The van der Waals surface area contributed by atoms with E-state index in [0.29, 0.717) is 18.5 Å². The maximum Gasteiger partial charge on any atom is 0.0638 e. The summed E-state index contributed by atoms with van der Waals surface area (Å²) < 4.78 is 0. The lowest BCUT2D eigenvalue weighted by molar-refractivity contribution is -0.00718. The van der Waals surface area contributed by atoms with Gasteiger partial charge in [0.1, 0.15) is 0 Å². The van der Waals surface area contributed by atoms with E-state index in [9.17, 15) is 0 Å². The number of nitrogens with zero attached hydrogens (tertiary/aromatic N) is 2. The molecule has 1 atom stereocenters. The molecule has 1 unspecified atom stereocenters. The fourth-order valence-corrected chi connectivity index (χ4v) is 3.83. The van der Waals surface area contributed by atoms with E-state index in [-0.39, 0.29) is 5.54 Å². The molecule has 0 aromatic rings. The molecular weight excluding hydrogens is 222 g/mol.